The lowest BCUT2D eigenvalue weighted by atomic mass is 9.99. The van der Waals surface area contributed by atoms with Gasteiger partial charge in [-0.1, -0.05) is 34.1 Å². The van der Waals surface area contributed by atoms with Crippen molar-refractivity contribution in [2.45, 2.75) is 19.4 Å². The number of carboxylic acid groups (broad SMARTS) is 1. The summed E-state index contributed by atoms with van der Waals surface area (Å²) in [5, 5.41) is 18.4. The molecular formula is C12H13BrO4. The van der Waals surface area contributed by atoms with E-state index in [-0.39, 0.29) is 5.78 Å². The lowest BCUT2D eigenvalue weighted by Crippen LogP contribution is -2.12. The molecule has 0 aliphatic carbocycles. The maximum atomic E-state index is 11.2. The van der Waals surface area contributed by atoms with Crippen molar-refractivity contribution < 1.29 is 19.8 Å². The van der Waals surface area contributed by atoms with Crippen LogP contribution in [0.3, 0.4) is 0 Å². The van der Waals surface area contributed by atoms with E-state index in [1.54, 1.807) is 25.1 Å². The molecule has 2 N–H and O–H groups in total. The van der Waals surface area contributed by atoms with E-state index < -0.39 is 12.1 Å². The summed E-state index contributed by atoms with van der Waals surface area (Å²) in [7, 11) is 0. The Bertz CT molecular complexity index is 442. The molecule has 1 atom stereocenters. The summed E-state index contributed by atoms with van der Waals surface area (Å²) in [6.07, 6.45) is -1.22. The van der Waals surface area contributed by atoms with Gasteiger partial charge in [-0.2, -0.15) is 0 Å². The molecule has 0 fully saturated rings. The van der Waals surface area contributed by atoms with Crippen LogP contribution >= 0.6 is 15.9 Å². The number of Topliss-reactive ketones (excluding diaryl/α,β-unsaturated/α-hetero) is 1. The highest BCUT2D eigenvalue weighted by molar-refractivity contribution is 9.09. The van der Waals surface area contributed by atoms with Gasteiger partial charge < -0.3 is 10.2 Å². The van der Waals surface area contributed by atoms with Gasteiger partial charge >= 0.3 is 5.97 Å². The second-order valence-corrected chi connectivity index (χ2v) is 4.34. The predicted molar refractivity (Wildman–Crippen MR) is 66.3 cm³/mol. The third-order valence-corrected chi connectivity index (χ3v) is 3.04. The Morgan fingerprint density at radius 2 is 2.06 bits per heavy atom. The van der Waals surface area contributed by atoms with Crippen molar-refractivity contribution in [3.63, 3.8) is 0 Å². The minimum atomic E-state index is -1.52. The molecule has 0 spiro atoms. The van der Waals surface area contributed by atoms with E-state index in [0.717, 1.165) is 5.56 Å². The second kappa shape index (κ2) is 5.93. The third-order valence-electron chi connectivity index (χ3n) is 2.41. The molecule has 1 aromatic carbocycles. The van der Waals surface area contributed by atoms with E-state index in [1.165, 1.54) is 0 Å². The average molecular weight is 301 g/mol. The lowest BCUT2D eigenvalue weighted by molar-refractivity contribution is -0.147. The van der Waals surface area contributed by atoms with E-state index in [9.17, 15) is 14.7 Å². The number of rotatable bonds is 5. The van der Waals surface area contributed by atoms with Gasteiger partial charge in [0.05, 0.1) is 5.33 Å². The van der Waals surface area contributed by atoms with Gasteiger partial charge in [-0.3, -0.25) is 4.79 Å². The van der Waals surface area contributed by atoms with Gasteiger partial charge in [0, 0.05) is 6.42 Å². The molecule has 0 radical (unpaired) electrons. The SMILES string of the molecule is Cc1cc(CC(=O)CBr)ccc1C(O)C(=O)O. The average Bonchev–Trinajstić information content (AvgIpc) is 2.28. The van der Waals surface area contributed by atoms with E-state index >= 15 is 0 Å². The fourth-order valence-electron chi connectivity index (χ4n) is 1.56. The van der Waals surface area contributed by atoms with Gasteiger partial charge in [-0.05, 0) is 23.6 Å². The second-order valence-electron chi connectivity index (χ2n) is 3.78. The molecule has 0 heterocycles. The molecule has 4 nitrogen and oxygen atoms in total. The molecule has 1 unspecified atom stereocenters. The number of halogens is 1. The first-order valence-electron chi connectivity index (χ1n) is 5.03. The Morgan fingerprint density at radius 3 is 2.53 bits per heavy atom. The van der Waals surface area contributed by atoms with Crippen molar-refractivity contribution >= 4 is 27.7 Å². The lowest BCUT2D eigenvalue weighted by Gasteiger charge is -2.10. The van der Waals surface area contributed by atoms with Gasteiger partial charge in [0.1, 0.15) is 5.78 Å². The van der Waals surface area contributed by atoms with Crippen molar-refractivity contribution in [3.8, 4) is 0 Å². The van der Waals surface area contributed by atoms with Crippen LogP contribution in [-0.4, -0.2) is 27.3 Å². The number of carbonyl (C=O) groups is 2. The zero-order valence-electron chi connectivity index (χ0n) is 9.31. The zero-order valence-corrected chi connectivity index (χ0v) is 10.9. The van der Waals surface area contributed by atoms with Gasteiger partial charge in [0.25, 0.3) is 0 Å². The fraction of sp³-hybridized carbons (Fsp3) is 0.333. The number of aliphatic hydroxyl groups is 1. The Labute approximate surface area is 107 Å². The number of hydrogen-bond acceptors (Lipinski definition) is 3. The van der Waals surface area contributed by atoms with Crippen molar-refractivity contribution in [3.05, 3.63) is 34.9 Å². The van der Waals surface area contributed by atoms with E-state index in [1.807, 2.05) is 0 Å². The largest absolute Gasteiger partial charge is 0.479 e. The predicted octanol–water partition coefficient (Wildman–Crippen LogP) is 1.62. The minimum Gasteiger partial charge on any atom is -0.479 e. The van der Waals surface area contributed by atoms with Crippen molar-refractivity contribution in [2.24, 2.45) is 0 Å². The van der Waals surface area contributed by atoms with E-state index in [2.05, 4.69) is 15.9 Å². The first kappa shape index (κ1) is 13.9. The van der Waals surface area contributed by atoms with Crippen LogP contribution < -0.4 is 0 Å². The molecule has 0 aromatic heterocycles. The first-order chi connectivity index (χ1) is 7.95. The topological polar surface area (TPSA) is 74.6 Å². The van der Waals surface area contributed by atoms with Crippen LogP contribution in [0.25, 0.3) is 0 Å². The highest BCUT2D eigenvalue weighted by Crippen LogP contribution is 2.19. The summed E-state index contributed by atoms with van der Waals surface area (Å²) < 4.78 is 0. The van der Waals surface area contributed by atoms with Crippen LogP contribution in [0.1, 0.15) is 22.8 Å². The highest BCUT2D eigenvalue weighted by Gasteiger charge is 2.18. The van der Waals surface area contributed by atoms with Crippen LogP contribution in [0, 0.1) is 6.92 Å². The standard InChI is InChI=1S/C12H13BrO4/c1-7-4-8(5-9(14)6-13)2-3-10(7)11(15)12(16)17/h2-4,11,15H,5-6H2,1H3,(H,16,17). The van der Waals surface area contributed by atoms with Crippen molar-refractivity contribution in [1.29, 1.82) is 0 Å². The van der Waals surface area contributed by atoms with Gasteiger partial charge in [0.2, 0.25) is 0 Å². The quantitative estimate of drug-likeness (QED) is 0.810. The molecule has 0 saturated carbocycles. The smallest absolute Gasteiger partial charge is 0.337 e. The van der Waals surface area contributed by atoms with Gasteiger partial charge in [0.15, 0.2) is 6.10 Å². The number of ketones is 1. The molecule has 5 heteroatoms. The summed E-state index contributed by atoms with van der Waals surface area (Å²) in [6.45, 7) is 1.71. The maximum Gasteiger partial charge on any atom is 0.337 e. The van der Waals surface area contributed by atoms with Crippen LogP contribution in [-0.2, 0) is 16.0 Å². The monoisotopic (exact) mass is 300 g/mol. The molecule has 1 rings (SSSR count). The molecule has 0 aliphatic heterocycles. The fourth-order valence-corrected chi connectivity index (χ4v) is 1.76. The summed E-state index contributed by atoms with van der Waals surface area (Å²) in [6, 6.07) is 4.93. The number of aryl methyl sites for hydroxylation is 1. The Kier molecular flexibility index (Phi) is 4.84. The van der Waals surface area contributed by atoms with Gasteiger partial charge in [-0.25, -0.2) is 4.79 Å². The summed E-state index contributed by atoms with van der Waals surface area (Å²) in [5.41, 5.74) is 1.83. The number of aliphatic carboxylic acids is 1. The summed E-state index contributed by atoms with van der Waals surface area (Å²) in [4.78, 5) is 21.9. The molecular weight excluding hydrogens is 288 g/mol. The molecule has 92 valence electrons. The van der Waals surface area contributed by atoms with E-state index in [0.29, 0.717) is 22.9 Å². The Hall–Kier alpha value is -1.20. The normalized spacial score (nSPS) is 12.2. The molecule has 0 saturated heterocycles. The molecule has 0 amide bonds. The zero-order chi connectivity index (χ0) is 13.0. The number of benzene rings is 1. The first-order valence-corrected chi connectivity index (χ1v) is 6.15. The van der Waals surface area contributed by atoms with Crippen molar-refractivity contribution in [1.82, 2.24) is 0 Å². The van der Waals surface area contributed by atoms with Gasteiger partial charge in [-0.15, -0.1) is 0 Å². The highest BCUT2D eigenvalue weighted by atomic mass is 79.9. The Morgan fingerprint density at radius 1 is 1.41 bits per heavy atom. The number of carboxylic acids is 1. The Balaban J connectivity index is 2.94. The minimum absolute atomic E-state index is 0.0518. The number of hydrogen-bond donors (Lipinski definition) is 2. The van der Waals surface area contributed by atoms with Crippen LogP contribution in [0.4, 0.5) is 0 Å². The molecule has 0 aliphatic rings. The van der Waals surface area contributed by atoms with Crippen LogP contribution in [0.2, 0.25) is 0 Å². The third kappa shape index (κ3) is 3.64. The number of carbonyl (C=O) groups excluding carboxylic acids is 1. The van der Waals surface area contributed by atoms with Crippen LogP contribution in [0.5, 0.6) is 0 Å². The van der Waals surface area contributed by atoms with Crippen LogP contribution in [0.15, 0.2) is 18.2 Å². The maximum absolute atomic E-state index is 11.2. The van der Waals surface area contributed by atoms with Crippen molar-refractivity contribution in [2.75, 3.05) is 5.33 Å². The van der Waals surface area contributed by atoms with E-state index in [4.69, 9.17) is 5.11 Å². The number of alkyl halides is 1. The summed E-state index contributed by atoms with van der Waals surface area (Å²) in [5.74, 6) is -1.23. The summed E-state index contributed by atoms with van der Waals surface area (Å²) >= 11 is 3.08. The number of aliphatic hydroxyl groups excluding tert-OH is 1. The molecule has 0 bridgehead atoms. The molecule has 1 aromatic rings. The molecule has 17 heavy (non-hydrogen) atoms.